The molecule has 3 heterocycles. The Kier molecular flexibility index (Phi) is 10.3. The lowest BCUT2D eigenvalue weighted by Gasteiger charge is -2.31. The number of carbonyl (C=O) groups is 4. The third kappa shape index (κ3) is 7.62. The molecule has 0 radical (unpaired) electrons. The quantitative estimate of drug-likeness (QED) is 0.152. The Labute approximate surface area is 318 Å². The first-order chi connectivity index (χ1) is 26.4. The van der Waals surface area contributed by atoms with Gasteiger partial charge in [0.25, 0.3) is 11.8 Å². The van der Waals surface area contributed by atoms with E-state index in [0.717, 1.165) is 0 Å². The van der Waals surface area contributed by atoms with Crippen LogP contribution in [0.3, 0.4) is 0 Å². The Balaban J connectivity index is 0.950. The predicted octanol–water partition coefficient (Wildman–Crippen LogP) is 5.08. The van der Waals surface area contributed by atoms with Crippen molar-refractivity contribution in [3.05, 3.63) is 120 Å². The smallest absolute Gasteiger partial charge is 0.259 e. The molecule has 0 saturated carbocycles. The number of benzene rings is 4. The van der Waals surface area contributed by atoms with Crippen molar-refractivity contribution < 1.29 is 33.8 Å². The van der Waals surface area contributed by atoms with Gasteiger partial charge in [0, 0.05) is 35.6 Å². The van der Waals surface area contributed by atoms with Crippen molar-refractivity contribution in [1.82, 2.24) is 20.0 Å². The van der Waals surface area contributed by atoms with Crippen molar-refractivity contribution in [3.8, 4) is 22.9 Å². The number of aliphatic hydroxyl groups is 2. The number of likely N-dealkylation sites (tertiary alicyclic amines) is 2. The number of hydrogen-bond donors (Lipinski definition) is 4. The van der Waals surface area contributed by atoms with Crippen LogP contribution in [0.2, 0.25) is 0 Å². The number of hydrogen-bond acceptors (Lipinski definition) is 9. The van der Waals surface area contributed by atoms with Crippen LogP contribution < -0.4 is 10.6 Å². The molecule has 0 aliphatic carbocycles. The summed E-state index contributed by atoms with van der Waals surface area (Å²) in [6, 6.07) is 29.7. The summed E-state index contributed by atoms with van der Waals surface area (Å²) in [5.74, 6) is -1.19. The second kappa shape index (κ2) is 15.3. The van der Waals surface area contributed by atoms with Crippen LogP contribution in [0.25, 0.3) is 22.9 Å². The van der Waals surface area contributed by atoms with Crippen LogP contribution in [-0.4, -0.2) is 79.0 Å². The molecular weight excluding hydrogens is 700 g/mol. The molecule has 0 bridgehead atoms. The number of aromatic nitrogens is 2. The molecular formula is C42H42N6O7. The van der Waals surface area contributed by atoms with E-state index in [9.17, 15) is 29.4 Å². The van der Waals surface area contributed by atoms with E-state index < -0.39 is 35.1 Å². The zero-order chi connectivity index (χ0) is 38.7. The molecule has 2 unspecified atom stereocenters. The molecule has 7 rings (SSSR count). The second-order valence-corrected chi connectivity index (χ2v) is 14.2. The fourth-order valence-corrected chi connectivity index (χ4v) is 7.20. The third-order valence-electron chi connectivity index (χ3n) is 10.4. The van der Waals surface area contributed by atoms with E-state index in [-0.39, 0.29) is 23.6 Å². The predicted molar refractivity (Wildman–Crippen MR) is 204 cm³/mol. The molecule has 2 fully saturated rings. The minimum atomic E-state index is -1.76. The highest BCUT2D eigenvalue weighted by Gasteiger charge is 2.44. The topological polar surface area (TPSA) is 178 Å². The van der Waals surface area contributed by atoms with Gasteiger partial charge in [-0.15, -0.1) is 10.2 Å². The molecule has 4 aromatic carbocycles. The SMILES string of the molecule is C[C@](O)(C(=O)N1CCCC1C(=O)Nc1ccc(-c2nnc(-c3ccc(NC(=O)C4CCCN4C(=O)[C@](C)(O)c4ccccc4)cc3)o2)cc1)c1ccccc1. The number of rotatable bonds is 10. The average Bonchev–Trinajstić information content (AvgIpc) is 4.01. The molecule has 4 N–H and O–H groups in total. The normalized spacial score (nSPS) is 19.0. The van der Waals surface area contributed by atoms with E-state index in [1.54, 1.807) is 109 Å². The second-order valence-electron chi connectivity index (χ2n) is 14.2. The highest BCUT2D eigenvalue weighted by atomic mass is 16.4. The minimum absolute atomic E-state index is 0.262. The first-order valence-electron chi connectivity index (χ1n) is 18.3. The van der Waals surface area contributed by atoms with Gasteiger partial charge in [-0.05, 0) is 99.2 Å². The van der Waals surface area contributed by atoms with Crippen LogP contribution in [0.4, 0.5) is 11.4 Å². The van der Waals surface area contributed by atoms with Crippen molar-refractivity contribution >= 4 is 35.0 Å². The number of nitrogens with zero attached hydrogens (tertiary/aromatic N) is 4. The molecule has 4 amide bonds. The van der Waals surface area contributed by atoms with Crippen molar-refractivity contribution in [2.24, 2.45) is 0 Å². The zero-order valence-electron chi connectivity index (χ0n) is 30.5. The van der Waals surface area contributed by atoms with Gasteiger partial charge in [0.2, 0.25) is 23.6 Å². The van der Waals surface area contributed by atoms with E-state index >= 15 is 0 Å². The standard InChI is InChI=1S/C42H42N6O7/c1-41(53,29-11-5-3-6-12-29)39(51)47-25-9-15-33(47)35(49)43-31-21-17-27(18-22-31)37-45-46-38(55-37)28-19-23-32(24-20-28)44-36(50)34-16-10-26-48(34)40(52)42(2,54)30-13-7-4-8-14-30/h3-8,11-14,17-24,33-34,53-54H,9-10,15-16,25-26H2,1-2H3,(H,43,49)(H,44,50)/t33?,34?,41-,42-/m1/s1. The van der Waals surface area contributed by atoms with Gasteiger partial charge in [-0.25, -0.2) is 0 Å². The lowest BCUT2D eigenvalue weighted by atomic mass is 9.94. The summed E-state index contributed by atoms with van der Waals surface area (Å²) < 4.78 is 5.95. The Bertz CT molecular complexity index is 2020. The Morgan fingerprint density at radius 3 is 1.33 bits per heavy atom. The van der Waals surface area contributed by atoms with Gasteiger partial charge in [0.1, 0.15) is 12.1 Å². The summed E-state index contributed by atoms with van der Waals surface area (Å²) in [6.07, 6.45) is 2.26. The highest BCUT2D eigenvalue weighted by molar-refractivity contribution is 6.00. The maximum absolute atomic E-state index is 13.4. The van der Waals surface area contributed by atoms with E-state index in [1.165, 1.54) is 23.6 Å². The molecule has 4 atom stereocenters. The van der Waals surface area contributed by atoms with E-state index in [1.807, 2.05) is 0 Å². The van der Waals surface area contributed by atoms with Gasteiger partial charge in [-0.3, -0.25) is 19.2 Å². The van der Waals surface area contributed by atoms with Gasteiger partial charge in [0.05, 0.1) is 0 Å². The van der Waals surface area contributed by atoms with Crippen molar-refractivity contribution in [1.29, 1.82) is 0 Å². The summed E-state index contributed by atoms with van der Waals surface area (Å²) in [5.41, 5.74) is -0.312. The summed E-state index contributed by atoms with van der Waals surface area (Å²) in [7, 11) is 0. The summed E-state index contributed by atoms with van der Waals surface area (Å²) in [5, 5.41) is 36.3. The maximum atomic E-state index is 13.4. The molecule has 2 aliphatic heterocycles. The highest BCUT2D eigenvalue weighted by Crippen LogP contribution is 2.31. The molecule has 13 heteroatoms. The van der Waals surface area contributed by atoms with Crippen LogP contribution in [0.5, 0.6) is 0 Å². The number of amides is 4. The monoisotopic (exact) mass is 742 g/mol. The molecule has 1 aromatic heterocycles. The first kappa shape index (κ1) is 37.1. The first-order valence-corrected chi connectivity index (χ1v) is 18.3. The number of anilines is 2. The summed E-state index contributed by atoms with van der Waals surface area (Å²) in [4.78, 5) is 56.3. The Morgan fingerprint density at radius 2 is 0.964 bits per heavy atom. The van der Waals surface area contributed by atoms with E-state index in [4.69, 9.17) is 4.42 Å². The van der Waals surface area contributed by atoms with E-state index in [2.05, 4.69) is 20.8 Å². The molecule has 2 aliphatic rings. The lowest BCUT2D eigenvalue weighted by molar-refractivity contribution is -0.153. The van der Waals surface area contributed by atoms with Gasteiger partial charge in [-0.2, -0.15) is 0 Å². The average molecular weight is 743 g/mol. The maximum Gasteiger partial charge on any atom is 0.259 e. The Morgan fingerprint density at radius 1 is 0.600 bits per heavy atom. The van der Waals surface area contributed by atoms with Gasteiger partial charge < -0.3 is 35.1 Å². The Hall–Kier alpha value is -6.18. The molecule has 13 nitrogen and oxygen atoms in total. The minimum Gasteiger partial charge on any atom is -0.416 e. The zero-order valence-corrected chi connectivity index (χ0v) is 30.5. The largest absolute Gasteiger partial charge is 0.416 e. The van der Waals surface area contributed by atoms with Crippen LogP contribution in [0.1, 0.15) is 50.7 Å². The van der Waals surface area contributed by atoms with Crippen LogP contribution in [0, 0.1) is 0 Å². The molecule has 55 heavy (non-hydrogen) atoms. The molecule has 282 valence electrons. The third-order valence-corrected chi connectivity index (χ3v) is 10.4. The fourth-order valence-electron chi connectivity index (χ4n) is 7.20. The number of nitrogens with one attached hydrogen (secondary N) is 2. The van der Waals surface area contributed by atoms with Gasteiger partial charge >= 0.3 is 0 Å². The van der Waals surface area contributed by atoms with Crippen molar-refractivity contribution in [2.45, 2.75) is 62.8 Å². The molecule has 5 aromatic rings. The van der Waals surface area contributed by atoms with Crippen molar-refractivity contribution in [2.75, 3.05) is 23.7 Å². The van der Waals surface area contributed by atoms with Crippen molar-refractivity contribution in [3.63, 3.8) is 0 Å². The van der Waals surface area contributed by atoms with Crippen LogP contribution >= 0.6 is 0 Å². The lowest BCUT2D eigenvalue weighted by Crippen LogP contribution is -2.50. The summed E-state index contributed by atoms with van der Waals surface area (Å²) in [6.45, 7) is 3.65. The van der Waals surface area contributed by atoms with Crippen LogP contribution in [0.15, 0.2) is 114 Å². The van der Waals surface area contributed by atoms with E-state index in [0.29, 0.717) is 72.4 Å². The molecule has 2 saturated heterocycles. The van der Waals surface area contributed by atoms with Gasteiger partial charge in [-0.1, -0.05) is 60.7 Å². The van der Waals surface area contributed by atoms with Gasteiger partial charge in [0.15, 0.2) is 11.2 Å². The summed E-state index contributed by atoms with van der Waals surface area (Å²) >= 11 is 0. The fraction of sp³-hybridized carbons (Fsp3) is 0.286. The number of carbonyl (C=O) groups excluding carboxylic acids is 4. The molecule has 0 spiro atoms. The van der Waals surface area contributed by atoms with Crippen LogP contribution in [-0.2, 0) is 30.4 Å².